The molecule has 0 atom stereocenters. The van der Waals surface area contributed by atoms with Gasteiger partial charge in [-0.15, -0.1) is 11.5 Å². The van der Waals surface area contributed by atoms with Gasteiger partial charge in [0.2, 0.25) is 0 Å². The Bertz CT molecular complexity index is 3900. The Morgan fingerprint density at radius 3 is 0.750 bits per heavy atom. The topological polar surface area (TPSA) is 367 Å². The summed E-state index contributed by atoms with van der Waals surface area (Å²) in [6.07, 6.45) is 7.07. The molecule has 0 bridgehead atoms. The van der Waals surface area contributed by atoms with Crippen LogP contribution in [0.2, 0.25) is 0 Å². The quantitative estimate of drug-likeness (QED) is 0.0781. The van der Waals surface area contributed by atoms with Gasteiger partial charge in [-0.25, -0.2) is 29.5 Å². The number of benzene rings is 6. The molecule has 0 saturated carbocycles. The van der Waals surface area contributed by atoms with E-state index in [0.717, 1.165) is 127 Å². The monoisotopic (exact) mass is 1260 g/mol. The second-order valence-corrected chi connectivity index (χ2v) is 17.9. The number of hydrogen-bond acceptors (Lipinski definition) is 16. The molecule has 0 spiro atoms. The van der Waals surface area contributed by atoms with Crippen LogP contribution in [0, 0.1) is 0 Å². The van der Waals surface area contributed by atoms with E-state index in [1.165, 1.54) is 0 Å². The minimum atomic E-state index is -1.57. The fourth-order valence-corrected chi connectivity index (χ4v) is 7.99. The number of para-hydroxylation sites is 8. The zero-order chi connectivity index (χ0) is 60.4. The first-order valence-corrected chi connectivity index (χ1v) is 25.7. The third-order valence-electron chi connectivity index (χ3n) is 12.0. The number of imidazole rings is 4. The first kappa shape index (κ1) is 63.8. The zero-order valence-corrected chi connectivity index (χ0v) is 47.3. The van der Waals surface area contributed by atoms with Gasteiger partial charge in [0.15, 0.2) is 23.3 Å². The largest absolute Gasteiger partial charge is 2.00 e. The van der Waals surface area contributed by atoms with Gasteiger partial charge in [0.1, 0.15) is 22.8 Å². The molecule has 440 valence electrons. The number of carboxylic acids is 4. The molecule has 0 aliphatic carbocycles. The Labute approximate surface area is 518 Å². The number of rotatable bonds is 8. The molecule has 24 heteroatoms. The normalized spacial score (nSPS) is 10.1. The summed E-state index contributed by atoms with van der Waals surface area (Å²) in [4.78, 5) is 89.1. The van der Waals surface area contributed by atoms with Gasteiger partial charge >= 0.3 is 44.9 Å². The molecule has 0 radical (unpaired) electrons. The summed E-state index contributed by atoms with van der Waals surface area (Å²) < 4.78 is 0. The van der Waals surface area contributed by atoms with Crippen LogP contribution >= 0.6 is 0 Å². The van der Waals surface area contributed by atoms with Gasteiger partial charge in [0.25, 0.3) is 0 Å². The van der Waals surface area contributed by atoms with Crippen molar-refractivity contribution in [3.05, 3.63) is 253 Å². The van der Waals surface area contributed by atoms with Crippen LogP contribution in [0.5, 0.6) is 11.5 Å². The van der Waals surface area contributed by atoms with Gasteiger partial charge in [-0.2, -0.15) is 0 Å². The molecule has 0 amide bonds. The number of pyridine rings is 4. The Hall–Kier alpha value is -11.7. The van der Waals surface area contributed by atoms with Gasteiger partial charge in [0, 0.05) is 24.8 Å². The molecule has 22 nitrogen and oxygen atoms in total. The van der Waals surface area contributed by atoms with E-state index < -0.39 is 46.5 Å². The van der Waals surface area contributed by atoms with Crippen molar-refractivity contribution in [2.24, 2.45) is 0 Å². The van der Waals surface area contributed by atoms with Crippen LogP contribution in [0.1, 0.15) is 41.4 Å². The molecule has 0 aliphatic rings. The van der Waals surface area contributed by atoms with Crippen molar-refractivity contribution >= 4 is 68.0 Å². The number of nitrogens with one attached hydrogen (secondary N) is 4. The Morgan fingerprint density at radius 1 is 0.318 bits per heavy atom. The van der Waals surface area contributed by atoms with Gasteiger partial charge in [-0.1, -0.05) is 97.1 Å². The maximum Gasteiger partial charge on any atom is 2.00 e. The summed E-state index contributed by atoms with van der Waals surface area (Å²) in [7, 11) is 0. The molecular weight excluding hydrogens is 1210 g/mol. The molecule has 0 aliphatic heterocycles. The fourth-order valence-electron chi connectivity index (χ4n) is 7.99. The number of carbonyl (C=O) groups excluding carboxylic acids is 2. The van der Waals surface area contributed by atoms with Gasteiger partial charge in [-0.05, 0) is 120 Å². The van der Waals surface area contributed by atoms with Crippen molar-refractivity contribution in [3.63, 3.8) is 0 Å². The summed E-state index contributed by atoms with van der Waals surface area (Å²) in [5, 5.41) is 59.0. The molecule has 0 saturated heterocycles. The van der Waals surface area contributed by atoms with Crippen LogP contribution in [0.4, 0.5) is 0 Å². The van der Waals surface area contributed by atoms with E-state index in [2.05, 4.69) is 59.8 Å². The Kier molecular flexibility index (Phi) is 22.3. The van der Waals surface area contributed by atoms with Crippen LogP contribution in [0.15, 0.2) is 231 Å². The molecule has 8 aromatic heterocycles. The third-order valence-corrected chi connectivity index (χ3v) is 12.0. The molecule has 0 fully saturated rings. The van der Waals surface area contributed by atoms with E-state index in [-0.39, 0.29) is 44.1 Å². The number of aromatic carboxylic acids is 4. The van der Waals surface area contributed by atoms with E-state index in [9.17, 15) is 39.6 Å². The van der Waals surface area contributed by atoms with Gasteiger partial charge in [0.05, 0.1) is 67.2 Å². The van der Waals surface area contributed by atoms with Gasteiger partial charge in [-0.3, -0.25) is 19.9 Å². The Balaban J connectivity index is 0.000000150. The SMILES string of the molecule is O=C([O-])c1cc([O-])cc(C(=O)O)c1.O=C([O-])c1cc([O-])cc(C(=O)O)c1.[Ni+2].[Ni+2].c1ccc(-c2nc3ccccc3[nH]2)nc1.c1ccc(-c2nc3ccccc3[nH]2)nc1.c1ccc(-c2nc3ccccc3[nH]2)nc1.c1ccc(-c2nc3ccccc3[nH]2)nc1. The van der Waals surface area contributed by atoms with Crippen LogP contribution in [0.25, 0.3) is 90.2 Å². The van der Waals surface area contributed by atoms with Crippen LogP contribution < -0.4 is 20.4 Å². The van der Waals surface area contributed by atoms with E-state index in [4.69, 9.17) is 10.2 Å². The predicted molar refractivity (Wildman–Crippen MR) is 312 cm³/mol. The van der Waals surface area contributed by atoms with Crippen LogP contribution in [0.3, 0.4) is 0 Å². The van der Waals surface area contributed by atoms with Gasteiger partial charge < -0.3 is 60.2 Å². The van der Waals surface area contributed by atoms with E-state index in [0.29, 0.717) is 0 Å². The van der Waals surface area contributed by atoms with Crippen LogP contribution in [-0.4, -0.2) is 93.9 Å². The summed E-state index contributed by atoms with van der Waals surface area (Å²) in [5.41, 5.74) is 9.96. The third kappa shape index (κ3) is 17.2. The molecular formula is C64H44N12Ni2O10. The second-order valence-electron chi connectivity index (χ2n) is 17.9. The average molecular weight is 1260 g/mol. The first-order chi connectivity index (χ1) is 41.7. The zero-order valence-electron chi connectivity index (χ0n) is 45.3. The number of H-pyrrole nitrogens is 4. The summed E-state index contributed by atoms with van der Waals surface area (Å²) >= 11 is 0. The number of fused-ring (bicyclic) bond motifs is 4. The Morgan fingerprint density at radius 2 is 0.545 bits per heavy atom. The summed E-state index contributed by atoms with van der Waals surface area (Å²) in [6, 6.07) is 60.0. The maximum absolute atomic E-state index is 10.8. The number of carbonyl (C=O) groups is 4. The molecule has 14 rings (SSSR count). The van der Waals surface area contributed by atoms with E-state index in [1.54, 1.807) is 24.8 Å². The van der Waals surface area contributed by atoms with Crippen molar-refractivity contribution in [2.75, 3.05) is 0 Å². The van der Waals surface area contributed by atoms with Crippen molar-refractivity contribution in [3.8, 4) is 57.6 Å². The number of nitrogens with zero attached hydrogens (tertiary/aromatic N) is 8. The average Bonchev–Trinajstić information content (AvgIpc) is 2.78. The molecule has 88 heavy (non-hydrogen) atoms. The first-order valence-electron chi connectivity index (χ1n) is 25.7. The standard InChI is InChI=1S/4C12H9N3.2C8H6O5.2Ni/c4*1-2-6-10-9(5-1)14-12(15-10)11-7-3-4-8-13-11;2*9-6-2-4(7(10)11)1-5(3-6)8(12)13;;/h4*1-8H,(H,14,15);2*1-3,9H,(H,10,11)(H,12,13);;/q;;;;;;2*+2/p-4. The van der Waals surface area contributed by atoms with E-state index in [1.807, 2.05) is 170 Å². The van der Waals surface area contributed by atoms with Crippen molar-refractivity contribution in [1.29, 1.82) is 0 Å². The number of aromatic amines is 4. The fraction of sp³-hybridized carbons (Fsp3) is 0. The van der Waals surface area contributed by atoms with Crippen molar-refractivity contribution in [1.82, 2.24) is 59.8 Å². The predicted octanol–water partition coefficient (Wildman–Crippen LogP) is 8.14. The minimum absolute atomic E-state index is 0. The van der Waals surface area contributed by atoms with Crippen molar-refractivity contribution < 1.29 is 82.8 Å². The maximum atomic E-state index is 10.8. The number of hydrogen-bond donors (Lipinski definition) is 6. The van der Waals surface area contributed by atoms with Crippen molar-refractivity contribution in [2.45, 2.75) is 0 Å². The van der Waals surface area contributed by atoms with E-state index >= 15 is 0 Å². The van der Waals surface area contributed by atoms with Crippen LogP contribution in [-0.2, 0) is 33.0 Å². The molecule has 8 heterocycles. The number of carboxylic acid groups (broad SMARTS) is 4. The smallest absolute Gasteiger partial charge is 0.872 e. The number of aromatic nitrogens is 12. The second kappa shape index (κ2) is 30.7. The minimum Gasteiger partial charge on any atom is -0.872 e. The molecule has 14 aromatic rings. The summed E-state index contributed by atoms with van der Waals surface area (Å²) in [5.74, 6) is -3.90. The molecule has 6 N–H and O–H groups in total. The molecule has 0 unspecified atom stereocenters. The molecule has 6 aromatic carbocycles. The summed E-state index contributed by atoms with van der Waals surface area (Å²) in [6.45, 7) is 0.